The highest BCUT2D eigenvalue weighted by molar-refractivity contribution is 5.71. The molecule has 18 heteroatoms. The Balaban J connectivity index is 0.000000206. The lowest BCUT2D eigenvalue weighted by atomic mass is 9.87. The summed E-state index contributed by atoms with van der Waals surface area (Å²) in [7, 11) is 6.57. The van der Waals surface area contributed by atoms with Crippen molar-refractivity contribution < 1.29 is 28.8 Å². The highest BCUT2D eigenvalue weighted by Gasteiger charge is 2.39. The summed E-state index contributed by atoms with van der Waals surface area (Å²) in [5.74, 6) is 3.17. The number of nitrogens with zero attached hydrogens (tertiary/aromatic N) is 4. The summed E-state index contributed by atoms with van der Waals surface area (Å²) in [6.45, 7) is 15.4. The number of methoxy groups -OCH3 is 4. The molecular formula is C84H94N10O8. The summed E-state index contributed by atoms with van der Waals surface area (Å²) in [4.78, 5) is 29.0. The lowest BCUT2D eigenvalue weighted by Crippen LogP contribution is -2.26. The van der Waals surface area contributed by atoms with E-state index in [2.05, 4.69) is 182 Å². The predicted octanol–water partition coefficient (Wildman–Crippen LogP) is 19.6. The summed E-state index contributed by atoms with van der Waals surface area (Å²) >= 11 is 0. The Labute approximate surface area is 599 Å². The maximum absolute atomic E-state index is 12.4. The first-order valence-electron chi connectivity index (χ1n) is 34.7. The van der Waals surface area contributed by atoms with Gasteiger partial charge in [0.25, 0.3) is 11.4 Å². The van der Waals surface area contributed by atoms with E-state index in [0.717, 1.165) is 97.7 Å². The number of nitrogens with two attached hydrogens (primary N) is 2. The molecule has 2 fully saturated rings. The molecule has 2 aliphatic rings. The van der Waals surface area contributed by atoms with E-state index in [1.54, 1.807) is 52.7 Å². The van der Waals surface area contributed by atoms with E-state index in [1.165, 1.54) is 27.9 Å². The maximum Gasteiger partial charge on any atom is 0.292 e. The van der Waals surface area contributed by atoms with Crippen LogP contribution in [-0.2, 0) is 37.0 Å². The van der Waals surface area contributed by atoms with Crippen LogP contribution in [0.15, 0.2) is 218 Å². The van der Waals surface area contributed by atoms with Crippen molar-refractivity contribution in [2.45, 2.75) is 128 Å². The van der Waals surface area contributed by atoms with Crippen LogP contribution in [0, 0.1) is 20.2 Å². The van der Waals surface area contributed by atoms with Gasteiger partial charge in [-0.2, -0.15) is 0 Å². The van der Waals surface area contributed by atoms with Crippen molar-refractivity contribution in [3.8, 4) is 23.0 Å². The third-order valence-electron chi connectivity index (χ3n) is 19.5. The molecule has 2 heterocycles. The van der Waals surface area contributed by atoms with E-state index in [1.807, 2.05) is 84.9 Å². The Morgan fingerprint density at radius 3 is 0.843 bits per heavy atom. The monoisotopic (exact) mass is 1370 g/mol. The normalized spacial score (nSPS) is 15.7. The molecular weight excluding hydrogens is 1280 g/mol. The van der Waals surface area contributed by atoms with Gasteiger partial charge in [0, 0.05) is 49.7 Å². The summed E-state index contributed by atoms with van der Waals surface area (Å²) in [5.41, 5.74) is 30.5. The quantitative estimate of drug-likeness (QED) is 0.0188. The first kappa shape index (κ1) is 71.9. The van der Waals surface area contributed by atoms with Crippen LogP contribution in [0.4, 0.5) is 56.9 Å². The number of rotatable bonds is 24. The van der Waals surface area contributed by atoms with Gasteiger partial charge in [-0.05, 0) is 201 Å². The van der Waals surface area contributed by atoms with Crippen LogP contribution >= 0.6 is 0 Å². The zero-order chi connectivity index (χ0) is 72.2. The van der Waals surface area contributed by atoms with E-state index < -0.39 is 0 Å². The fourth-order valence-electron chi connectivity index (χ4n) is 13.7. The van der Waals surface area contributed by atoms with Crippen molar-refractivity contribution in [2.75, 3.05) is 71.0 Å². The molecule has 10 aromatic carbocycles. The fourth-order valence-corrected chi connectivity index (χ4v) is 13.7. The summed E-state index contributed by atoms with van der Waals surface area (Å²) in [6.07, 6.45) is 3.40. The molecule has 0 saturated carbocycles. The number of nitro benzene ring substituents is 2. The van der Waals surface area contributed by atoms with Crippen molar-refractivity contribution in [2.24, 2.45) is 0 Å². The standard InChI is InChI=1S/C42H45N5O6.C42H49N5O2/c1-42(2,3)32-12-14-33(15-13-32)45-38(30-10-20-36(40(24-30)46(48)49)43-26-28-6-16-34(52-4)17-7-28)22-23-39(45)31-11-21-37(41(25-31)47(50)51)44-27-29-8-18-35(53-5)19-9-29;1-42(2,3)32-12-14-33(15-13-32)47-40(30-10-20-38(36(43)24-30)45-26-28-6-16-34(48-4)17-7-28)22-23-41(47)31-11-21-39(37(44)25-31)46-27-29-8-18-35(49-5)19-9-29/h6-21,24-25,38-39,43-44H,22-23,26-27H2,1-5H3;6-21,24-25,40-41,45-46H,22-23,26-27,43-44H2,1-5H3. The van der Waals surface area contributed by atoms with Crippen LogP contribution in [0.1, 0.15) is 147 Å². The van der Waals surface area contributed by atoms with E-state index >= 15 is 0 Å². The molecule has 18 nitrogen and oxygen atoms in total. The molecule has 12 rings (SSSR count). The van der Waals surface area contributed by atoms with E-state index in [0.29, 0.717) is 50.4 Å². The third-order valence-corrected chi connectivity index (χ3v) is 19.5. The van der Waals surface area contributed by atoms with Crippen LogP contribution in [0.25, 0.3) is 0 Å². The zero-order valence-electron chi connectivity index (χ0n) is 60.0. The second-order valence-electron chi connectivity index (χ2n) is 28.2. The second kappa shape index (κ2) is 31.9. The van der Waals surface area contributed by atoms with Crippen molar-refractivity contribution >= 4 is 56.9 Å². The van der Waals surface area contributed by atoms with E-state index in [-0.39, 0.29) is 56.2 Å². The topological polar surface area (TPSA) is 230 Å². The molecule has 102 heavy (non-hydrogen) atoms. The number of nitrogen functional groups attached to an aromatic ring is 2. The van der Waals surface area contributed by atoms with E-state index in [9.17, 15) is 20.2 Å². The van der Waals surface area contributed by atoms with Crippen molar-refractivity contribution in [3.05, 3.63) is 294 Å². The number of nitro groups is 2. The lowest BCUT2D eigenvalue weighted by molar-refractivity contribution is -0.384. The Hall–Kier alpha value is -11.4. The summed E-state index contributed by atoms with van der Waals surface area (Å²) in [5, 5.41) is 38.3. The van der Waals surface area contributed by atoms with Crippen LogP contribution in [0.3, 0.4) is 0 Å². The smallest absolute Gasteiger partial charge is 0.292 e. The molecule has 0 bridgehead atoms. The van der Waals surface area contributed by atoms with Crippen LogP contribution in [0.5, 0.6) is 23.0 Å². The zero-order valence-corrected chi connectivity index (χ0v) is 60.0. The minimum Gasteiger partial charge on any atom is -0.497 e. The molecule has 2 aliphatic heterocycles. The predicted molar refractivity (Wildman–Crippen MR) is 414 cm³/mol. The molecule has 2 saturated heterocycles. The Morgan fingerprint density at radius 1 is 0.363 bits per heavy atom. The van der Waals surface area contributed by atoms with Gasteiger partial charge in [0.05, 0.1) is 85.2 Å². The van der Waals surface area contributed by atoms with Gasteiger partial charge in [-0.3, -0.25) is 20.2 Å². The van der Waals surface area contributed by atoms with Crippen LogP contribution < -0.4 is 61.5 Å². The largest absolute Gasteiger partial charge is 0.497 e. The van der Waals surface area contributed by atoms with Crippen LogP contribution in [0.2, 0.25) is 0 Å². The molecule has 0 aliphatic carbocycles. The van der Waals surface area contributed by atoms with Gasteiger partial charge in [0.1, 0.15) is 34.4 Å². The molecule has 0 spiro atoms. The second-order valence-corrected chi connectivity index (χ2v) is 28.2. The van der Waals surface area contributed by atoms with Crippen molar-refractivity contribution in [1.29, 1.82) is 0 Å². The molecule has 4 atom stereocenters. The van der Waals surface area contributed by atoms with Crippen molar-refractivity contribution in [3.63, 3.8) is 0 Å². The number of ether oxygens (including phenoxy) is 4. The Morgan fingerprint density at radius 2 is 0.608 bits per heavy atom. The van der Waals surface area contributed by atoms with Gasteiger partial charge in [0.15, 0.2) is 0 Å². The van der Waals surface area contributed by atoms with Gasteiger partial charge in [-0.15, -0.1) is 0 Å². The van der Waals surface area contributed by atoms with E-state index in [4.69, 9.17) is 30.4 Å². The molecule has 0 radical (unpaired) electrons. The minimum atomic E-state index is -0.351. The number of benzene rings is 10. The molecule has 0 aromatic heterocycles. The maximum atomic E-state index is 12.4. The van der Waals surface area contributed by atoms with Crippen molar-refractivity contribution in [1.82, 2.24) is 0 Å². The first-order chi connectivity index (χ1) is 49.1. The SMILES string of the molecule is COc1ccc(CNc2ccc(C3CCC(c4ccc(NCc5ccc(OC)cc5)c(N)c4)N3c3ccc(C(C)(C)C)cc3)cc2N)cc1.COc1ccc(CNc2ccc(C3CCC(c4ccc(NCc5ccc(OC)cc5)c([N+](=O)[O-])c4)N3c3ccc(C(C)(C)C)cc3)cc2[N+](=O)[O-])cc1. The third kappa shape index (κ3) is 17.2. The first-order valence-corrected chi connectivity index (χ1v) is 34.7. The minimum absolute atomic E-state index is 0.00887. The molecule has 10 aromatic rings. The summed E-state index contributed by atoms with van der Waals surface area (Å²) in [6, 6.07) is 72.4. The molecule has 4 unspecified atom stereocenters. The number of hydrogen-bond donors (Lipinski definition) is 6. The van der Waals surface area contributed by atoms with Gasteiger partial charge in [-0.25, -0.2) is 0 Å². The summed E-state index contributed by atoms with van der Waals surface area (Å²) < 4.78 is 21.1. The number of anilines is 8. The Bertz CT molecular complexity index is 4250. The molecule has 8 N–H and O–H groups in total. The highest BCUT2D eigenvalue weighted by Crippen LogP contribution is 2.51. The molecule has 0 amide bonds. The lowest BCUT2D eigenvalue weighted by Gasteiger charge is -2.34. The van der Waals surface area contributed by atoms with Crippen LogP contribution in [-0.4, -0.2) is 38.3 Å². The average Bonchev–Trinajstić information content (AvgIpc) is 1.59. The Kier molecular flexibility index (Phi) is 22.4. The molecule has 528 valence electrons. The highest BCUT2D eigenvalue weighted by atomic mass is 16.6. The van der Waals surface area contributed by atoms with Gasteiger partial charge in [-0.1, -0.05) is 139 Å². The van der Waals surface area contributed by atoms with Gasteiger partial charge in [0.2, 0.25) is 0 Å². The van der Waals surface area contributed by atoms with Gasteiger partial charge < -0.3 is 61.5 Å². The number of hydrogen-bond acceptors (Lipinski definition) is 16. The average molecular weight is 1370 g/mol. The van der Waals surface area contributed by atoms with Gasteiger partial charge >= 0.3 is 0 Å². The number of nitrogens with one attached hydrogen (secondary N) is 4. The fraction of sp³-hybridized carbons (Fsp3) is 0.286.